The van der Waals surface area contributed by atoms with E-state index in [0.717, 1.165) is 37.1 Å². The molecule has 0 bridgehead atoms. The van der Waals surface area contributed by atoms with Crippen molar-refractivity contribution in [1.82, 2.24) is 15.1 Å². The molecule has 6 heteroatoms. The first-order valence-corrected chi connectivity index (χ1v) is 7.94. The van der Waals surface area contributed by atoms with Gasteiger partial charge in [0.25, 0.3) is 0 Å². The molecule has 2 aromatic rings. The number of nitrogens with zero attached hydrogens (tertiary/aromatic N) is 2. The van der Waals surface area contributed by atoms with E-state index in [1.165, 1.54) is 12.1 Å². The first-order chi connectivity index (χ1) is 11.1. The smallest absolute Gasteiger partial charge is 0.240 e. The highest BCUT2D eigenvalue weighted by molar-refractivity contribution is 5.86. The first kappa shape index (κ1) is 15.7. The molecule has 5 nitrogen and oxygen atoms in total. The number of nitrogens with one attached hydrogen (secondary N) is 1. The molecule has 1 heterocycles. The predicted molar refractivity (Wildman–Crippen MR) is 85.6 cm³/mol. The van der Waals surface area contributed by atoms with Crippen molar-refractivity contribution in [3.8, 4) is 5.69 Å². The van der Waals surface area contributed by atoms with Gasteiger partial charge in [-0.15, -0.1) is 0 Å². The third-order valence-electron chi connectivity index (χ3n) is 4.35. The van der Waals surface area contributed by atoms with E-state index < -0.39 is 5.54 Å². The summed E-state index contributed by atoms with van der Waals surface area (Å²) in [5, 5.41) is 7.34. The molecule has 0 aliphatic heterocycles. The summed E-state index contributed by atoms with van der Waals surface area (Å²) in [5.74, 6) is -0.334. The van der Waals surface area contributed by atoms with Crippen LogP contribution in [0.2, 0.25) is 0 Å². The minimum Gasteiger partial charge on any atom is -0.354 e. The Morgan fingerprint density at radius 1 is 1.26 bits per heavy atom. The van der Waals surface area contributed by atoms with Gasteiger partial charge >= 0.3 is 0 Å². The topological polar surface area (TPSA) is 72.9 Å². The van der Waals surface area contributed by atoms with Crippen LogP contribution in [0.25, 0.3) is 5.69 Å². The van der Waals surface area contributed by atoms with Crippen LogP contribution in [0.5, 0.6) is 0 Å². The van der Waals surface area contributed by atoms with E-state index in [9.17, 15) is 9.18 Å². The fraction of sp³-hybridized carbons (Fsp3) is 0.412. The molecule has 3 N–H and O–H groups in total. The number of nitrogens with two attached hydrogens (primary N) is 1. The Hall–Kier alpha value is -2.21. The third kappa shape index (κ3) is 3.59. The Labute approximate surface area is 134 Å². The summed E-state index contributed by atoms with van der Waals surface area (Å²) < 4.78 is 14.6. The van der Waals surface area contributed by atoms with Gasteiger partial charge in [-0.2, -0.15) is 5.10 Å². The number of hydrogen-bond acceptors (Lipinski definition) is 3. The van der Waals surface area contributed by atoms with E-state index >= 15 is 0 Å². The van der Waals surface area contributed by atoms with Crippen molar-refractivity contribution in [2.75, 3.05) is 6.54 Å². The fourth-order valence-electron chi connectivity index (χ4n) is 2.95. The van der Waals surface area contributed by atoms with Crippen LogP contribution < -0.4 is 11.1 Å². The lowest BCUT2D eigenvalue weighted by molar-refractivity contribution is -0.126. The van der Waals surface area contributed by atoms with Crippen LogP contribution in [-0.2, 0) is 11.2 Å². The Morgan fingerprint density at radius 2 is 1.96 bits per heavy atom. The summed E-state index contributed by atoms with van der Waals surface area (Å²) in [6.07, 6.45) is 6.02. The Morgan fingerprint density at radius 3 is 2.65 bits per heavy atom. The van der Waals surface area contributed by atoms with Gasteiger partial charge in [-0.1, -0.05) is 12.8 Å². The molecule has 1 aromatic carbocycles. The van der Waals surface area contributed by atoms with Crippen LogP contribution in [0.15, 0.2) is 36.5 Å². The molecule has 0 unspecified atom stereocenters. The van der Waals surface area contributed by atoms with Gasteiger partial charge in [0.1, 0.15) is 5.82 Å². The number of aromatic nitrogens is 2. The van der Waals surface area contributed by atoms with Gasteiger partial charge in [-0.3, -0.25) is 4.79 Å². The fourth-order valence-corrected chi connectivity index (χ4v) is 2.95. The van der Waals surface area contributed by atoms with Crippen LogP contribution in [-0.4, -0.2) is 27.8 Å². The van der Waals surface area contributed by atoms with E-state index in [1.807, 2.05) is 12.3 Å². The summed E-state index contributed by atoms with van der Waals surface area (Å²) in [4.78, 5) is 12.1. The predicted octanol–water partition coefficient (Wildman–Crippen LogP) is 1.94. The Balaban J connectivity index is 1.53. The van der Waals surface area contributed by atoms with Crippen LogP contribution >= 0.6 is 0 Å². The second-order valence-corrected chi connectivity index (χ2v) is 6.10. The van der Waals surface area contributed by atoms with Gasteiger partial charge in [0.2, 0.25) is 5.91 Å². The van der Waals surface area contributed by atoms with Crippen molar-refractivity contribution in [2.45, 2.75) is 37.6 Å². The van der Waals surface area contributed by atoms with E-state index in [0.29, 0.717) is 13.0 Å². The molecule has 0 radical (unpaired) electrons. The summed E-state index contributed by atoms with van der Waals surface area (Å²) in [7, 11) is 0. The lowest BCUT2D eigenvalue weighted by atomic mass is 9.98. The second kappa shape index (κ2) is 6.50. The van der Waals surface area contributed by atoms with Crippen molar-refractivity contribution in [2.24, 2.45) is 5.73 Å². The highest BCUT2D eigenvalue weighted by atomic mass is 19.1. The molecule has 0 spiro atoms. The van der Waals surface area contributed by atoms with Crippen LogP contribution in [0.3, 0.4) is 0 Å². The summed E-state index contributed by atoms with van der Waals surface area (Å²) in [6.45, 7) is 0.512. The minimum absolute atomic E-state index is 0.0621. The summed E-state index contributed by atoms with van der Waals surface area (Å²) >= 11 is 0. The van der Waals surface area contributed by atoms with Gasteiger partial charge < -0.3 is 11.1 Å². The molecule has 1 saturated carbocycles. The average molecular weight is 316 g/mol. The van der Waals surface area contributed by atoms with Gasteiger partial charge in [-0.25, -0.2) is 9.07 Å². The summed E-state index contributed by atoms with van der Waals surface area (Å²) in [6, 6.07) is 8.04. The summed E-state index contributed by atoms with van der Waals surface area (Å²) in [5.41, 5.74) is 7.09. The highest BCUT2D eigenvalue weighted by Crippen LogP contribution is 2.27. The van der Waals surface area contributed by atoms with E-state index in [4.69, 9.17) is 5.73 Å². The van der Waals surface area contributed by atoms with Crippen molar-refractivity contribution < 1.29 is 9.18 Å². The van der Waals surface area contributed by atoms with Crippen LogP contribution in [0.1, 0.15) is 31.4 Å². The van der Waals surface area contributed by atoms with E-state index in [2.05, 4.69) is 10.4 Å². The highest BCUT2D eigenvalue weighted by Gasteiger charge is 2.36. The number of halogens is 1. The number of carbonyl (C=O) groups is 1. The molecule has 0 saturated heterocycles. The van der Waals surface area contributed by atoms with Gasteiger partial charge in [0, 0.05) is 19.2 Å². The quantitative estimate of drug-likeness (QED) is 0.885. The first-order valence-electron chi connectivity index (χ1n) is 7.94. The normalized spacial score (nSPS) is 16.4. The maximum atomic E-state index is 12.9. The van der Waals surface area contributed by atoms with Crippen molar-refractivity contribution in [3.05, 3.63) is 48.0 Å². The standard InChI is InChI=1S/C17H21FN4O/c18-13-3-5-15(6-4-13)22-12-8-14(21-22)7-11-20-16(23)17(19)9-1-2-10-17/h3-6,8,12H,1-2,7,9-11,19H2,(H,20,23). The maximum absolute atomic E-state index is 12.9. The molecule has 3 rings (SSSR count). The van der Waals surface area contributed by atoms with Gasteiger partial charge in [-0.05, 0) is 43.2 Å². The Kier molecular flexibility index (Phi) is 4.43. The molecule has 1 fully saturated rings. The zero-order chi connectivity index (χ0) is 16.3. The molecule has 122 valence electrons. The Bertz CT molecular complexity index is 674. The second-order valence-electron chi connectivity index (χ2n) is 6.10. The molecule has 1 amide bonds. The zero-order valence-corrected chi connectivity index (χ0v) is 13.0. The molecular formula is C17H21FN4O. The van der Waals surface area contributed by atoms with Gasteiger partial charge in [0.15, 0.2) is 0 Å². The number of amides is 1. The molecule has 1 aliphatic rings. The lowest BCUT2D eigenvalue weighted by Gasteiger charge is -2.22. The molecule has 23 heavy (non-hydrogen) atoms. The number of carbonyl (C=O) groups excluding carboxylic acids is 1. The molecular weight excluding hydrogens is 295 g/mol. The SMILES string of the molecule is NC1(C(=O)NCCc2ccn(-c3ccc(F)cc3)n2)CCCC1. The average Bonchev–Trinajstić information content (AvgIpc) is 3.18. The molecule has 1 aliphatic carbocycles. The minimum atomic E-state index is -0.687. The van der Waals surface area contributed by atoms with E-state index in [-0.39, 0.29) is 11.7 Å². The van der Waals surface area contributed by atoms with Crippen LogP contribution in [0.4, 0.5) is 4.39 Å². The van der Waals surface area contributed by atoms with Crippen molar-refractivity contribution in [1.29, 1.82) is 0 Å². The van der Waals surface area contributed by atoms with Crippen LogP contribution in [0, 0.1) is 5.82 Å². The lowest BCUT2D eigenvalue weighted by Crippen LogP contribution is -2.52. The number of rotatable bonds is 5. The van der Waals surface area contributed by atoms with Gasteiger partial charge in [0.05, 0.1) is 16.9 Å². The maximum Gasteiger partial charge on any atom is 0.240 e. The van der Waals surface area contributed by atoms with Crippen molar-refractivity contribution in [3.63, 3.8) is 0 Å². The third-order valence-corrected chi connectivity index (χ3v) is 4.35. The van der Waals surface area contributed by atoms with E-state index in [1.54, 1.807) is 16.8 Å². The largest absolute Gasteiger partial charge is 0.354 e. The molecule has 1 aromatic heterocycles. The van der Waals surface area contributed by atoms with Crippen molar-refractivity contribution >= 4 is 5.91 Å². The molecule has 0 atom stereocenters. The number of hydrogen-bond donors (Lipinski definition) is 2. The monoisotopic (exact) mass is 316 g/mol. The zero-order valence-electron chi connectivity index (χ0n) is 13.0. The number of benzene rings is 1.